The summed E-state index contributed by atoms with van der Waals surface area (Å²) >= 11 is 0. The molecule has 4 atom stereocenters. The third-order valence-electron chi connectivity index (χ3n) is 9.23. The van der Waals surface area contributed by atoms with Crippen molar-refractivity contribution in [1.29, 1.82) is 0 Å². The van der Waals surface area contributed by atoms with Crippen LogP contribution in [0.4, 0.5) is 14.4 Å². The standard InChI is InChI=1S/C24H33N3O9.C19H25N3O7/c1-24(2,3)35-22(32)25-14-8-7-11-17(26-23(33)34-15-16-9-5-4-6-10-16)20(30)21(31)36-27-18(28)12-13-19(27)29;20-11-5-4-8-14(21-19(27)28-12-13-6-2-1-3-7-13)17(25)18(26)29-22-15(23)9-10-16(22)24/h4-6,9-10,17,20,30H,7-8,11-15H2,1-3H3,(H,25,32)(H,26,33);1-3,6-7,14,17,25H,4-5,8-12,20H2,(H,21,27)/t17-,20?;14-,17?/m00/s1. The Bertz CT molecular complexity index is 1900. The molecule has 0 saturated carbocycles. The number of rotatable bonds is 21. The first-order valence-corrected chi connectivity index (χ1v) is 21.0. The third-order valence-corrected chi connectivity index (χ3v) is 9.23. The van der Waals surface area contributed by atoms with E-state index >= 15 is 0 Å². The number of carbonyl (C=O) groups is 9. The quantitative estimate of drug-likeness (QED) is 0.0595. The van der Waals surface area contributed by atoms with Crippen molar-refractivity contribution >= 4 is 53.8 Å². The van der Waals surface area contributed by atoms with Crippen molar-refractivity contribution < 1.29 is 77.2 Å². The molecule has 2 unspecified atom stereocenters. The molecule has 2 fully saturated rings. The molecule has 7 N–H and O–H groups in total. The summed E-state index contributed by atoms with van der Waals surface area (Å²) in [5.74, 6) is -5.19. The molecule has 2 heterocycles. The van der Waals surface area contributed by atoms with E-state index < -0.39 is 83.7 Å². The Morgan fingerprint density at radius 3 is 1.37 bits per heavy atom. The van der Waals surface area contributed by atoms with Gasteiger partial charge in [-0.2, -0.15) is 0 Å². The lowest BCUT2D eigenvalue weighted by Crippen LogP contribution is -2.49. The molecule has 2 aromatic carbocycles. The third kappa shape index (κ3) is 19.3. The minimum atomic E-state index is -1.88. The highest BCUT2D eigenvalue weighted by molar-refractivity contribution is 6.02. The van der Waals surface area contributed by atoms with Gasteiger partial charge in [0.25, 0.3) is 23.6 Å². The van der Waals surface area contributed by atoms with Crippen molar-refractivity contribution in [3.8, 4) is 0 Å². The van der Waals surface area contributed by atoms with Gasteiger partial charge in [0.05, 0.1) is 12.1 Å². The minimum absolute atomic E-state index is 0.0134. The summed E-state index contributed by atoms with van der Waals surface area (Å²) in [6.07, 6.45) is -4.00. The molecule has 2 saturated heterocycles. The number of aliphatic hydroxyl groups is 2. The number of carbonyl (C=O) groups excluding carboxylic acids is 9. The molecule has 0 aliphatic carbocycles. The van der Waals surface area contributed by atoms with Gasteiger partial charge in [-0.05, 0) is 70.5 Å². The number of hydroxylamine groups is 4. The summed E-state index contributed by atoms with van der Waals surface area (Å²) < 4.78 is 15.4. The van der Waals surface area contributed by atoms with Crippen LogP contribution in [-0.4, -0.2) is 117 Å². The van der Waals surface area contributed by atoms with E-state index in [2.05, 4.69) is 16.0 Å². The fraction of sp³-hybridized carbons (Fsp3) is 0.512. The lowest BCUT2D eigenvalue weighted by Gasteiger charge is -2.24. The zero-order chi connectivity index (χ0) is 47.9. The summed E-state index contributed by atoms with van der Waals surface area (Å²) in [4.78, 5) is 117. The fourth-order valence-corrected chi connectivity index (χ4v) is 5.88. The van der Waals surface area contributed by atoms with Crippen LogP contribution in [0.3, 0.4) is 0 Å². The van der Waals surface area contributed by atoms with Crippen LogP contribution in [0.15, 0.2) is 60.7 Å². The second-order valence-corrected chi connectivity index (χ2v) is 15.7. The number of aliphatic hydroxyl groups excluding tert-OH is 2. The fourth-order valence-electron chi connectivity index (χ4n) is 5.88. The smallest absolute Gasteiger partial charge is 0.407 e. The number of alkyl carbamates (subject to hydrolysis) is 3. The molecule has 356 valence electrons. The Labute approximate surface area is 375 Å². The van der Waals surface area contributed by atoms with Crippen LogP contribution in [0, 0.1) is 0 Å². The second kappa shape index (κ2) is 26.9. The number of amides is 7. The van der Waals surface area contributed by atoms with Crippen molar-refractivity contribution in [2.75, 3.05) is 13.1 Å². The summed E-state index contributed by atoms with van der Waals surface area (Å²) in [7, 11) is 0. The Kier molecular flexibility index (Phi) is 21.8. The Morgan fingerprint density at radius 2 is 1.00 bits per heavy atom. The van der Waals surface area contributed by atoms with Crippen LogP contribution in [-0.2, 0) is 65.9 Å². The largest absolute Gasteiger partial charge is 0.445 e. The highest BCUT2D eigenvalue weighted by Gasteiger charge is 2.38. The molecular formula is C43H58N6O16. The van der Waals surface area contributed by atoms with Gasteiger partial charge in [0.2, 0.25) is 0 Å². The van der Waals surface area contributed by atoms with Crippen molar-refractivity contribution in [3.05, 3.63) is 71.8 Å². The SMILES string of the molecule is CC(C)(C)OC(=O)NCCCC[C@H](NC(=O)OCc1ccccc1)C(O)C(=O)ON1C(=O)CCC1=O.NCCCC[C@H](NC(=O)OCc1ccccc1)C(O)C(=O)ON1C(=O)CCC1=O. The molecule has 22 nitrogen and oxygen atoms in total. The van der Waals surface area contributed by atoms with E-state index in [9.17, 15) is 53.4 Å². The number of hydrogen-bond acceptors (Lipinski definition) is 17. The van der Waals surface area contributed by atoms with E-state index in [-0.39, 0.29) is 58.3 Å². The maximum Gasteiger partial charge on any atom is 0.407 e. The zero-order valence-corrected chi connectivity index (χ0v) is 36.6. The second-order valence-electron chi connectivity index (χ2n) is 15.7. The maximum atomic E-state index is 12.4. The first-order chi connectivity index (χ1) is 30.9. The lowest BCUT2D eigenvalue weighted by molar-refractivity contribution is -0.204. The molecular weight excluding hydrogens is 856 g/mol. The molecule has 2 aliphatic rings. The van der Waals surface area contributed by atoms with E-state index in [0.29, 0.717) is 42.4 Å². The first-order valence-electron chi connectivity index (χ1n) is 21.0. The molecule has 0 bridgehead atoms. The van der Waals surface area contributed by atoms with Gasteiger partial charge in [-0.15, -0.1) is 10.1 Å². The Balaban J connectivity index is 0.000000353. The van der Waals surface area contributed by atoms with Gasteiger partial charge < -0.3 is 55.8 Å². The average Bonchev–Trinajstić information content (AvgIpc) is 3.76. The zero-order valence-electron chi connectivity index (χ0n) is 36.6. The molecule has 0 spiro atoms. The molecule has 2 aliphatic heterocycles. The summed E-state index contributed by atoms with van der Waals surface area (Å²) in [5, 5.41) is 29.0. The molecule has 0 aromatic heterocycles. The topological polar surface area (TPSA) is 309 Å². The van der Waals surface area contributed by atoms with E-state index in [4.69, 9.17) is 29.6 Å². The van der Waals surface area contributed by atoms with Gasteiger partial charge in [-0.3, -0.25) is 19.2 Å². The number of unbranched alkanes of at least 4 members (excludes halogenated alkanes) is 2. The van der Waals surface area contributed by atoms with Gasteiger partial charge >= 0.3 is 30.2 Å². The molecule has 65 heavy (non-hydrogen) atoms. The van der Waals surface area contributed by atoms with Gasteiger partial charge in [0.1, 0.15) is 18.8 Å². The molecule has 7 amide bonds. The number of imide groups is 2. The number of nitrogens with two attached hydrogens (primary N) is 1. The average molecular weight is 915 g/mol. The van der Waals surface area contributed by atoms with E-state index in [0.717, 1.165) is 11.1 Å². The van der Waals surface area contributed by atoms with Gasteiger partial charge in [-0.25, -0.2) is 24.0 Å². The highest BCUT2D eigenvalue weighted by Crippen LogP contribution is 2.17. The van der Waals surface area contributed by atoms with Gasteiger partial charge in [0, 0.05) is 32.2 Å². The minimum Gasteiger partial charge on any atom is -0.445 e. The summed E-state index contributed by atoms with van der Waals surface area (Å²) in [6, 6.07) is 15.7. The van der Waals surface area contributed by atoms with Crippen molar-refractivity contribution in [2.24, 2.45) is 5.73 Å². The van der Waals surface area contributed by atoms with Crippen molar-refractivity contribution in [1.82, 2.24) is 26.1 Å². The number of benzene rings is 2. The van der Waals surface area contributed by atoms with Gasteiger partial charge in [0.15, 0.2) is 12.2 Å². The van der Waals surface area contributed by atoms with E-state index in [1.807, 2.05) is 12.1 Å². The van der Waals surface area contributed by atoms with Crippen LogP contribution in [0.2, 0.25) is 0 Å². The molecule has 0 radical (unpaired) electrons. The first kappa shape index (κ1) is 52.7. The predicted molar refractivity (Wildman–Crippen MR) is 224 cm³/mol. The van der Waals surface area contributed by atoms with Crippen LogP contribution in [0.1, 0.15) is 96.1 Å². The van der Waals surface area contributed by atoms with E-state index in [1.165, 1.54) is 0 Å². The van der Waals surface area contributed by atoms with Crippen molar-refractivity contribution in [3.63, 3.8) is 0 Å². The van der Waals surface area contributed by atoms with Crippen LogP contribution < -0.4 is 21.7 Å². The van der Waals surface area contributed by atoms with Gasteiger partial charge in [-0.1, -0.05) is 67.1 Å². The number of nitrogens with one attached hydrogen (secondary N) is 3. The monoisotopic (exact) mass is 914 g/mol. The molecule has 22 heteroatoms. The highest BCUT2D eigenvalue weighted by atomic mass is 16.7. The van der Waals surface area contributed by atoms with Crippen LogP contribution >= 0.6 is 0 Å². The lowest BCUT2D eigenvalue weighted by atomic mass is 10.0. The Hall–Kier alpha value is -6.65. The molecule has 4 rings (SSSR count). The Morgan fingerprint density at radius 1 is 0.615 bits per heavy atom. The summed E-state index contributed by atoms with van der Waals surface area (Å²) in [6.45, 7) is 5.87. The normalized spacial score (nSPS) is 15.4. The maximum absolute atomic E-state index is 12.4. The number of nitrogens with zero attached hydrogens (tertiary/aromatic N) is 2. The van der Waals surface area contributed by atoms with Crippen LogP contribution in [0.5, 0.6) is 0 Å². The number of ether oxygens (including phenoxy) is 3. The number of hydrogen-bond donors (Lipinski definition) is 6. The van der Waals surface area contributed by atoms with Crippen LogP contribution in [0.25, 0.3) is 0 Å². The van der Waals surface area contributed by atoms with Crippen molar-refractivity contribution in [2.45, 2.75) is 128 Å². The predicted octanol–water partition coefficient (Wildman–Crippen LogP) is 2.32. The summed E-state index contributed by atoms with van der Waals surface area (Å²) in [5.41, 5.74) is 6.33. The van der Waals surface area contributed by atoms with E-state index in [1.54, 1.807) is 69.3 Å². The molecule has 2 aromatic rings.